The Bertz CT molecular complexity index is 1110. The van der Waals surface area contributed by atoms with Crippen LogP contribution in [-0.4, -0.2) is 38.4 Å². The minimum Gasteiger partial charge on any atom is -0.354 e. The van der Waals surface area contributed by atoms with Crippen molar-refractivity contribution in [1.29, 1.82) is 0 Å². The zero-order valence-corrected chi connectivity index (χ0v) is 17.2. The largest absolute Gasteiger partial charge is 0.354 e. The van der Waals surface area contributed by atoms with Crippen molar-refractivity contribution >= 4 is 11.6 Å². The lowest BCUT2D eigenvalue weighted by molar-refractivity contribution is 0.0952. The zero-order chi connectivity index (χ0) is 20.5. The summed E-state index contributed by atoms with van der Waals surface area (Å²) >= 11 is 0. The van der Waals surface area contributed by atoms with Gasteiger partial charge < -0.3 is 9.88 Å². The lowest BCUT2D eigenvalue weighted by atomic mass is 9.99. The summed E-state index contributed by atoms with van der Waals surface area (Å²) in [4.78, 5) is 31.8. The molecule has 152 valence electrons. The molecule has 0 aromatic carbocycles. The van der Waals surface area contributed by atoms with Crippen molar-refractivity contribution < 1.29 is 4.79 Å². The highest BCUT2D eigenvalue weighted by Crippen LogP contribution is 2.32. The number of fused-ring (bicyclic) bond motifs is 1. The number of amides is 1. The van der Waals surface area contributed by atoms with Gasteiger partial charge in [0.25, 0.3) is 11.5 Å². The van der Waals surface area contributed by atoms with E-state index in [2.05, 4.69) is 10.2 Å². The first-order valence-corrected chi connectivity index (χ1v) is 10.1. The molecule has 1 atom stereocenters. The van der Waals surface area contributed by atoms with Gasteiger partial charge in [-0.25, -0.2) is 4.98 Å². The molecule has 1 aliphatic rings. The van der Waals surface area contributed by atoms with Crippen LogP contribution in [0.2, 0.25) is 0 Å². The van der Waals surface area contributed by atoms with Gasteiger partial charge in [-0.1, -0.05) is 12.5 Å². The van der Waals surface area contributed by atoms with Crippen molar-refractivity contribution in [3.63, 3.8) is 0 Å². The molecule has 1 saturated heterocycles. The van der Waals surface area contributed by atoms with Gasteiger partial charge in [0.15, 0.2) is 0 Å². The summed E-state index contributed by atoms with van der Waals surface area (Å²) in [5.41, 5.74) is 4.21. The summed E-state index contributed by atoms with van der Waals surface area (Å²) in [5.74, 6) is -0.0826. The molecule has 0 unspecified atom stereocenters. The van der Waals surface area contributed by atoms with Crippen LogP contribution in [0.5, 0.6) is 0 Å². The molecule has 3 aromatic rings. The van der Waals surface area contributed by atoms with Crippen LogP contribution in [0.4, 0.5) is 0 Å². The van der Waals surface area contributed by atoms with Crippen LogP contribution in [0, 0.1) is 6.92 Å². The number of carbonyl (C=O) groups is 1. The van der Waals surface area contributed by atoms with Gasteiger partial charge in [-0.2, -0.15) is 0 Å². The van der Waals surface area contributed by atoms with Gasteiger partial charge in [0, 0.05) is 38.6 Å². The molecule has 4 heterocycles. The third-order valence-corrected chi connectivity index (χ3v) is 5.88. The Labute approximate surface area is 170 Å². The van der Waals surface area contributed by atoms with Crippen LogP contribution >= 0.6 is 0 Å². The van der Waals surface area contributed by atoms with Crippen molar-refractivity contribution in [2.75, 3.05) is 13.6 Å². The molecule has 1 aliphatic heterocycles. The maximum Gasteiger partial charge on any atom is 0.267 e. The second-order valence-corrected chi connectivity index (χ2v) is 7.73. The molecule has 1 N–H and O–H groups in total. The van der Waals surface area contributed by atoms with Crippen molar-refractivity contribution in [3.05, 3.63) is 69.5 Å². The molecule has 0 aliphatic carbocycles. The molecule has 1 fully saturated rings. The maximum atomic E-state index is 12.6. The summed E-state index contributed by atoms with van der Waals surface area (Å²) < 4.78 is 3.58. The monoisotopic (exact) mass is 393 g/mol. The molecule has 4 rings (SSSR count). The van der Waals surface area contributed by atoms with Crippen molar-refractivity contribution in [1.82, 2.24) is 24.2 Å². The number of hydrogen-bond acceptors (Lipinski definition) is 4. The number of hydrogen-bond donors (Lipinski definition) is 1. The van der Waals surface area contributed by atoms with Gasteiger partial charge in [-0.05, 0) is 50.1 Å². The fraction of sp³-hybridized carbons (Fsp3) is 0.409. The van der Waals surface area contributed by atoms with E-state index in [0.29, 0.717) is 17.9 Å². The standard InChI is InChI=1S/C22H27N5O2/c1-15-7-6-12-27-20(28)13-16(24-21(15)27)14-26-11-5-4-8-18(26)17-9-10-19(25(17)3)22(29)23-2/h6-7,9-10,12-13,18H,4-5,8,11,14H2,1-3H3,(H,23,29)/t18-/m0/s1. The molecular weight excluding hydrogens is 366 g/mol. The number of nitrogens with zero attached hydrogens (tertiary/aromatic N) is 4. The van der Waals surface area contributed by atoms with Crippen LogP contribution in [0.1, 0.15) is 52.7 Å². The van der Waals surface area contributed by atoms with E-state index in [4.69, 9.17) is 4.98 Å². The van der Waals surface area contributed by atoms with E-state index >= 15 is 0 Å². The molecule has 29 heavy (non-hydrogen) atoms. The van der Waals surface area contributed by atoms with Crippen molar-refractivity contribution in [2.45, 2.75) is 38.8 Å². The van der Waals surface area contributed by atoms with Crippen molar-refractivity contribution in [3.8, 4) is 0 Å². The number of likely N-dealkylation sites (tertiary alicyclic amines) is 1. The van der Waals surface area contributed by atoms with Gasteiger partial charge in [0.05, 0.1) is 11.7 Å². The lowest BCUT2D eigenvalue weighted by Gasteiger charge is -2.36. The second-order valence-electron chi connectivity index (χ2n) is 7.73. The molecule has 7 nitrogen and oxygen atoms in total. The number of aryl methyl sites for hydroxylation is 1. The Morgan fingerprint density at radius 2 is 2.10 bits per heavy atom. The number of nitrogens with one attached hydrogen (secondary N) is 1. The third-order valence-electron chi connectivity index (χ3n) is 5.88. The molecule has 0 bridgehead atoms. The minimum atomic E-state index is -0.0826. The predicted octanol–water partition coefficient (Wildman–Crippen LogP) is 2.43. The average molecular weight is 393 g/mol. The lowest BCUT2D eigenvalue weighted by Crippen LogP contribution is -2.35. The summed E-state index contributed by atoms with van der Waals surface area (Å²) in [6, 6.07) is 9.60. The predicted molar refractivity (Wildman–Crippen MR) is 112 cm³/mol. The molecule has 0 radical (unpaired) electrons. The van der Waals surface area contributed by atoms with Gasteiger partial charge in [0.2, 0.25) is 0 Å². The Kier molecular flexibility index (Phi) is 5.24. The molecule has 0 spiro atoms. The van der Waals surface area contributed by atoms with E-state index in [0.717, 1.165) is 42.8 Å². The third kappa shape index (κ3) is 3.58. The van der Waals surface area contributed by atoms with E-state index in [1.54, 1.807) is 23.7 Å². The number of rotatable bonds is 4. The Morgan fingerprint density at radius 1 is 1.28 bits per heavy atom. The van der Waals surface area contributed by atoms with Crippen LogP contribution in [-0.2, 0) is 13.6 Å². The Morgan fingerprint density at radius 3 is 2.90 bits per heavy atom. The van der Waals surface area contributed by atoms with E-state index in [1.165, 1.54) is 0 Å². The summed E-state index contributed by atoms with van der Waals surface area (Å²) in [6.07, 6.45) is 5.05. The molecular formula is C22H27N5O2. The van der Waals surface area contributed by atoms with Gasteiger partial charge in [-0.15, -0.1) is 0 Å². The van der Waals surface area contributed by atoms with Crippen LogP contribution in [0.3, 0.4) is 0 Å². The van der Waals surface area contributed by atoms with Crippen LogP contribution in [0.15, 0.2) is 41.3 Å². The topological polar surface area (TPSA) is 71.6 Å². The summed E-state index contributed by atoms with van der Waals surface area (Å²) in [6.45, 7) is 3.53. The van der Waals surface area contributed by atoms with Crippen molar-refractivity contribution in [2.24, 2.45) is 7.05 Å². The molecule has 0 saturated carbocycles. The smallest absolute Gasteiger partial charge is 0.267 e. The fourth-order valence-corrected chi connectivity index (χ4v) is 4.33. The highest BCUT2D eigenvalue weighted by atomic mass is 16.2. The van der Waals surface area contributed by atoms with Gasteiger partial charge in [0.1, 0.15) is 11.3 Å². The average Bonchev–Trinajstić information content (AvgIpc) is 3.10. The number of pyridine rings is 1. The van der Waals surface area contributed by atoms with E-state index in [1.807, 2.05) is 42.8 Å². The van der Waals surface area contributed by atoms with E-state index < -0.39 is 0 Å². The van der Waals surface area contributed by atoms with Gasteiger partial charge >= 0.3 is 0 Å². The normalized spacial score (nSPS) is 17.6. The van der Waals surface area contributed by atoms with Crippen LogP contribution < -0.4 is 10.9 Å². The molecule has 3 aromatic heterocycles. The highest BCUT2D eigenvalue weighted by Gasteiger charge is 2.28. The number of carbonyl (C=O) groups excluding carboxylic acids is 1. The van der Waals surface area contributed by atoms with Crippen LogP contribution in [0.25, 0.3) is 5.65 Å². The molecule has 1 amide bonds. The zero-order valence-electron chi connectivity index (χ0n) is 17.2. The maximum absolute atomic E-state index is 12.6. The minimum absolute atomic E-state index is 0.0528. The first-order chi connectivity index (χ1) is 14.0. The quantitative estimate of drug-likeness (QED) is 0.739. The Balaban J connectivity index is 1.67. The molecule has 7 heteroatoms. The highest BCUT2D eigenvalue weighted by molar-refractivity contribution is 5.92. The summed E-state index contributed by atoms with van der Waals surface area (Å²) in [5, 5.41) is 2.70. The van der Waals surface area contributed by atoms with Gasteiger partial charge in [-0.3, -0.25) is 18.9 Å². The number of piperidine rings is 1. The van der Waals surface area contributed by atoms with E-state index in [-0.39, 0.29) is 17.5 Å². The second kappa shape index (κ2) is 7.83. The first-order valence-electron chi connectivity index (χ1n) is 10.1. The SMILES string of the molecule is CNC(=O)c1ccc([C@@H]2CCCCN2Cc2cc(=O)n3cccc(C)c3n2)n1C. The van der Waals surface area contributed by atoms with E-state index in [9.17, 15) is 9.59 Å². The fourth-order valence-electron chi connectivity index (χ4n) is 4.33. The number of aromatic nitrogens is 3. The first kappa shape index (κ1) is 19.4. The Hall–Kier alpha value is -2.93. The summed E-state index contributed by atoms with van der Waals surface area (Å²) in [7, 11) is 3.59.